The van der Waals surface area contributed by atoms with Crippen LogP contribution in [-0.4, -0.2) is 45.0 Å². The van der Waals surface area contributed by atoms with Crippen molar-refractivity contribution >= 4 is 17.8 Å². The first-order chi connectivity index (χ1) is 23.6. The van der Waals surface area contributed by atoms with Gasteiger partial charge in [-0.15, -0.1) is 0 Å². The third-order valence-corrected chi connectivity index (χ3v) is 10.1. The predicted octanol–water partition coefficient (Wildman–Crippen LogP) is 6.38. The maximum Gasteiger partial charge on any atom is 0.314 e. The molecule has 0 spiro atoms. The summed E-state index contributed by atoms with van der Waals surface area (Å²) in [4.78, 5) is 56.2. The Kier molecular flexibility index (Phi) is 11.1. The monoisotopic (exact) mass is 662 g/mol. The van der Waals surface area contributed by atoms with Gasteiger partial charge in [0, 0.05) is 23.6 Å². The number of aryl methyl sites for hydroxylation is 2. The molecular formula is C40H46N4O5. The molecule has 4 aromatic rings. The zero-order valence-electron chi connectivity index (χ0n) is 29.0. The number of nitrogens with one attached hydrogen (secondary N) is 2. The maximum absolute atomic E-state index is 14.5. The van der Waals surface area contributed by atoms with E-state index >= 15 is 0 Å². The highest BCUT2D eigenvalue weighted by molar-refractivity contribution is 5.98. The molecule has 2 heterocycles. The van der Waals surface area contributed by atoms with Crippen molar-refractivity contribution in [3.8, 4) is 0 Å². The van der Waals surface area contributed by atoms with Gasteiger partial charge in [-0.3, -0.25) is 19.2 Å². The number of hydrogen-bond donors (Lipinski definition) is 2. The second-order valence-electron chi connectivity index (χ2n) is 13.1. The fraction of sp³-hybridized carbons (Fsp3) is 0.375. The Morgan fingerprint density at radius 3 is 2.27 bits per heavy atom. The van der Waals surface area contributed by atoms with E-state index in [2.05, 4.69) is 15.5 Å². The van der Waals surface area contributed by atoms with Gasteiger partial charge in [-0.2, -0.15) is 5.10 Å². The molecule has 0 bridgehead atoms. The molecular weight excluding hydrogens is 616 g/mol. The van der Waals surface area contributed by atoms with Gasteiger partial charge in [0.25, 0.3) is 11.5 Å². The number of benzene rings is 3. The number of rotatable bonds is 12. The average molecular weight is 663 g/mol. The summed E-state index contributed by atoms with van der Waals surface area (Å²) in [5, 5.41) is 9.39. The number of amides is 2. The highest BCUT2D eigenvalue weighted by Crippen LogP contribution is 2.47. The second kappa shape index (κ2) is 15.4. The van der Waals surface area contributed by atoms with E-state index in [0.29, 0.717) is 43.2 Å². The van der Waals surface area contributed by atoms with E-state index in [1.54, 1.807) is 25.1 Å². The fourth-order valence-electron chi connectivity index (χ4n) is 7.17. The number of carbonyl (C=O) groups is 3. The Morgan fingerprint density at radius 2 is 1.61 bits per heavy atom. The molecule has 1 fully saturated rings. The molecule has 3 atom stereocenters. The third kappa shape index (κ3) is 7.66. The molecule has 0 saturated carbocycles. The van der Waals surface area contributed by atoms with Gasteiger partial charge in [-0.05, 0) is 86.9 Å². The summed E-state index contributed by atoms with van der Waals surface area (Å²) in [6, 6.07) is 25.0. The SMILES string of the molecule is CCC(CC)(C(=O)OCc1ccccc1)[C@H]1CC[C@@H](c2ccccc2)N1C(=O)[C@@H](C)NC(=O)c1ccc(Cc2cc(C)n[nH]c2=O)c(C)c1. The largest absolute Gasteiger partial charge is 0.460 e. The molecule has 1 aliphatic heterocycles. The Labute approximate surface area is 288 Å². The molecule has 0 radical (unpaired) electrons. The minimum absolute atomic E-state index is 0.160. The summed E-state index contributed by atoms with van der Waals surface area (Å²) in [5.41, 5.74) is 4.23. The molecule has 0 unspecified atom stereocenters. The molecule has 1 aromatic heterocycles. The Balaban J connectivity index is 1.37. The van der Waals surface area contributed by atoms with Crippen LogP contribution in [0, 0.1) is 19.3 Å². The van der Waals surface area contributed by atoms with Crippen molar-refractivity contribution in [1.29, 1.82) is 0 Å². The summed E-state index contributed by atoms with van der Waals surface area (Å²) in [7, 11) is 0. The van der Waals surface area contributed by atoms with Crippen molar-refractivity contribution in [2.75, 3.05) is 0 Å². The van der Waals surface area contributed by atoms with Crippen LogP contribution in [0.5, 0.6) is 0 Å². The topological polar surface area (TPSA) is 121 Å². The molecule has 9 nitrogen and oxygen atoms in total. The summed E-state index contributed by atoms with van der Waals surface area (Å²) in [6.45, 7) is 9.53. The maximum atomic E-state index is 14.5. The lowest BCUT2D eigenvalue weighted by Gasteiger charge is -2.43. The predicted molar refractivity (Wildman–Crippen MR) is 189 cm³/mol. The van der Waals surface area contributed by atoms with Crippen molar-refractivity contribution in [3.63, 3.8) is 0 Å². The molecule has 1 aliphatic rings. The first-order valence-corrected chi connectivity index (χ1v) is 17.1. The highest BCUT2D eigenvalue weighted by Gasteiger charge is 2.53. The molecule has 49 heavy (non-hydrogen) atoms. The smallest absolute Gasteiger partial charge is 0.314 e. The molecule has 2 N–H and O–H groups in total. The van der Waals surface area contributed by atoms with Gasteiger partial charge in [0.05, 0.1) is 17.2 Å². The lowest BCUT2D eigenvalue weighted by molar-refractivity contribution is -0.164. The van der Waals surface area contributed by atoms with Crippen LogP contribution in [0.1, 0.15) is 96.4 Å². The lowest BCUT2D eigenvalue weighted by atomic mass is 9.74. The summed E-state index contributed by atoms with van der Waals surface area (Å²) >= 11 is 0. The number of nitrogens with zero attached hydrogens (tertiary/aromatic N) is 2. The van der Waals surface area contributed by atoms with Crippen LogP contribution in [0.2, 0.25) is 0 Å². The molecule has 256 valence electrons. The summed E-state index contributed by atoms with van der Waals surface area (Å²) in [5.74, 6) is -0.930. The first kappa shape index (κ1) is 35.3. The van der Waals surface area contributed by atoms with Crippen LogP contribution < -0.4 is 10.9 Å². The van der Waals surface area contributed by atoms with Crippen LogP contribution in [0.3, 0.4) is 0 Å². The number of aromatic nitrogens is 2. The van der Waals surface area contributed by atoms with E-state index in [4.69, 9.17) is 4.74 Å². The minimum Gasteiger partial charge on any atom is -0.460 e. The van der Waals surface area contributed by atoms with Crippen LogP contribution in [-0.2, 0) is 27.4 Å². The third-order valence-electron chi connectivity index (χ3n) is 10.1. The van der Waals surface area contributed by atoms with Crippen LogP contribution in [0.15, 0.2) is 89.7 Å². The molecule has 1 saturated heterocycles. The number of esters is 1. The molecule has 9 heteroatoms. The van der Waals surface area contributed by atoms with Crippen molar-refractivity contribution < 1.29 is 19.1 Å². The van der Waals surface area contributed by atoms with Crippen LogP contribution in [0.4, 0.5) is 0 Å². The van der Waals surface area contributed by atoms with Crippen molar-refractivity contribution in [2.24, 2.45) is 5.41 Å². The van der Waals surface area contributed by atoms with Gasteiger partial charge >= 0.3 is 5.97 Å². The van der Waals surface area contributed by atoms with Crippen LogP contribution in [0.25, 0.3) is 0 Å². The fourth-order valence-corrected chi connectivity index (χ4v) is 7.17. The summed E-state index contributed by atoms with van der Waals surface area (Å²) < 4.78 is 5.94. The Hall–Kier alpha value is -5.05. The molecule has 0 aliphatic carbocycles. The van der Waals surface area contributed by atoms with Gasteiger partial charge < -0.3 is 15.0 Å². The van der Waals surface area contributed by atoms with Gasteiger partial charge in [0.1, 0.15) is 12.6 Å². The standard InChI is InChI=1S/C40H46N4O5/c1-6-40(7-2,39(48)49-25-29-14-10-8-11-15-29)35-21-20-34(30-16-12-9-13-17-30)44(35)38(47)28(5)41-36(45)32-19-18-31(26(3)22-32)24-33-23-27(4)42-43-37(33)46/h8-19,22-23,28,34-35H,6-7,20-21,24-25H2,1-5H3,(H,41,45)(H,43,46)/t28-,34+,35-/m1/s1. The number of hydrogen-bond acceptors (Lipinski definition) is 6. The zero-order valence-corrected chi connectivity index (χ0v) is 29.0. The van der Waals surface area contributed by atoms with E-state index in [1.165, 1.54) is 0 Å². The highest BCUT2D eigenvalue weighted by atomic mass is 16.5. The lowest BCUT2D eigenvalue weighted by Crippen LogP contribution is -2.56. The summed E-state index contributed by atoms with van der Waals surface area (Å²) in [6.07, 6.45) is 2.74. The molecule has 3 aromatic carbocycles. The van der Waals surface area contributed by atoms with Gasteiger partial charge in [0.2, 0.25) is 5.91 Å². The Morgan fingerprint density at radius 1 is 0.939 bits per heavy atom. The molecule has 5 rings (SSSR count). The Bertz CT molecular complexity index is 1830. The van der Waals surface area contributed by atoms with Crippen molar-refractivity contribution in [1.82, 2.24) is 20.4 Å². The average Bonchev–Trinajstić information content (AvgIpc) is 3.56. The number of H-pyrrole nitrogens is 1. The van der Waals surface area contributed by atoms with E-state index in [-0.39, 0.29) is 36.0 Å². The van der Waals surface area contributed by atoms with E-state index in [9.17, 15) is 19.2 Å². The second-order valence-corrected chi connectivity index (χ2v) is 13.1. The quantitative estimate of drug-likeness (QED) is 0.170. The van der Waals surface area contributed by atoms with Gasteiger partial charge in [-0.1, -0.05) is 80.6 Å². The number of carbonyl (C=O) groups excluding carboxylic acids is 3. The minimum atomic E-state index is -0.917. The number of likely N-dealkylation sites (tertiary alicyclic amines) is 1. The van der Waals surface area contributed by atoms with Gasteiger partial charge in [0.15, 0.2) is 0 Å². The van der Waals surface area contributed by atoms with E-state index < -0.39 is 17.5 Å². The van der Waals surface area contributed by atoms with E-state index in [0.717, 1.165) is 27.9 Å². The number of ether oxygens (including phenoxy) is 1. The zero-order chi connectivity index (χ0) is 35.1. The molecule has 2 amide bonds. The van der Waals surface area contributed by atoms with Crippen molar-refractivity contribution in [2.45, 2.75) is 91.5 Å². The number of aromatic amines is 1. The van der Waals surface area contributed by atoms with E-state index in [1.807, 2.05) is 99.3 Å². The normalized spacial score (nSPS) is 16.6. The van der Waals surface area contributed by atoms with Crippen molar-refractivity contribution in [3.05, 3.63) is 134 Å². The van der Waals surface area contributed by atoms with Gasteiger partial charge in [-0.25, -0.2) is 5.10 Å². The van der Waals surface area contributed by atoms with Crippen LogP contribution >= 0.6 is 0 Å². The first-order valence-electron chi connectivity index (χ1n) is 17.1.